The van der Waals surface area contributed by atoms with Crippen LogP contribution in [0.4, 0.5) is 0 Å². The lowest BCUT2D eigenvalue weighted by Crippen LogP contribution is -2.36. The highest BCUT2D eigenvalue weighted by Gasteiger charge is 2.48. The molecular formula is C16H27ClSi. The predicted octanol–water partition coefficient (Wildman–Crippen LogP) is 6.05. The zero-order chi connectivity index (χ0) is 13.6. The Balaban J connectivity index is 2.37. The van der Waals surface area contributed by atoms with Crippen LogP contribution in [0.1, 0.15) is 52.9 Å². The molecule has 2 rings (SSSR count). The largest absolute Gasteiger partial charge is 0.166 e. The van der Waals surface area contributed by atoms with Crippen molar-refractivity contribution in [3.63, 3.8) is 0 Å². The van der Waals surface area contributed by atoms with Crippen LogP contribution in [-0.4, -0.2) is 7.38 Å². The summed E-state index contributed by atoms with van der Waals surface area (Å²) < 4.78 is 0. The van der Waals surface area contributed by atoms with Crippen molar-refractivity contribution in [2.24, 2.45) is 5.92 Å². The molecule has 102 valence electrons. The first kappa shape index (κ1) is 14.4. The molecule has 0 aromatic heterocycles. The summed E-state index contributed by atoms with van der Waals surface area (Å²) in [6.45, 7) is 11.6. The van der Waals surface area contributed by atoms with Gasteiger partial charge in [0.15, 0.2) is 7.38 Å². The van der Waals surface area contributed by atoms with E-state index in [4.69, 9.17) is 11.1 Å². The predicted molar refractivity (Wildman–Crippen MR) is 84.7 cm³/mol. The molecule has 18 heavy (non-hydrogen) atoms. The van der Waals surface area contributed by atoms with Crippen molar-refractivity contribution in [3.8, 4) is 0 Å². The van der Waals surface area contributed by atoms with E-state index in [1.165, 1.54) is 37.7 Å². The van der Waals surface area contributed by atoms with E-state index in [0.717, 1.165) is 5.92 Å². The van der Waals surface area contributed by atoms with Crippen LogP contribution in [0.25, 0.3) is 0 Å². The summed E-state index contributed by atoms with van der Waals surface area (Å²) in [5.41, 5.74) is 4.72. The van der Waals surface area contributed by atoms with Crippen molar-refractivity contribution in [2.75, 3.05) is 0 Å². The zero-order valence-electron chi connectivity index (χ0n) is 12.6. The Morgan fingerprint density at radius 1 is 1.17 bits per heavy atom. The molecule has 0 N–H and O–H groups in total. The topological polar surface area (TPSA) is 0 Å². The minimum Gasteiger partial charge on any atom is -0.166 e. The van der Waals surface area contributed by atoms with Crippen LogP contribution < -0.4 is 0 Å². The molecular weight excluding hydrogens is 256 g/mol. The van der Waals surface area contributed by atoms with Gasteiger partial charge < -0.3 is 0 Å². The summed E-state index contributed by atoms with van der Waals surface area (Å²) in [7, 11) is -1.73. The molecule has 2 heteroatoms. The van der Waals surface area contributed by atoms with Crippen LogP contribution in [0, 0.1) is 5.92 Å². The number of halogens is 1. The van der Waals surface area contributed by atoms with E-state index in [-0.39, 0.29) is 5.04 Å². The highest BCUT2D eigenvalue weighted by atomic mass is 35.6. The highest BCUT2D eigenvalue weighted by molar-refractivity contribution is 7.21. The molecule has 0 unspecified atom stereocenters. The molecule has 0 amide bonds. The van der Waals surface area contributed by atoms with E-state index in [0.29, 0.717) is 0 Å². The Morgan fingerprint density at radius 2 is 1.72 bits per heavy atom. The Bertz CT molecular complexity index is 394. The molecule has 0 nitrogen and oxygen atoms in total. The standard InChI is InChI=1S/C16H27ClSi/c1-12-11-15(14-9-7-6-8-10-14)13(2)16(12,3)18(4,5)17/h11,14H,6-10H2,1-5H3/t16-/m0/s1. The number of allylic oxidation sites excluding steroid dienone is 4. The van der Waals surface area contributed by atoms with Gasteiger partial charge in [-0.15, -0.1) is 0 Å². The second-order valence-corrected chi connectivity index (χ2v) is 13.6. The van der Waals surface area contributed by atoms with E-state index in [1.54, 1.807) is 11.1 Å². The Hall–Kier alpha value is -0.0131. The number of hydrogen-bond donors (Lipinski definition) is 0. The molecule has 0 bridgehead atoms. The lowest BCUT2D eigenvalue weighted by Gasteiger charge is -2.39. The van der Waals surface area contributed by atoms with Gasteiger partial charge in [-0.25, -0.2) is 0 Å². The third-order valence-corrected chi connectivity index (χ3v) is 9.86. The maximum absolute atomic E-state index is 6.84. The first-order valence-corrected chi connectivity index (χ1v) is 11.4. The van der Waals surface area contributed by atoms with Crippen LogP contribution in [0.3, 0.4) is 0 Å². The monoisotopic (exact) mass is 282 g/mol. The van der Waals surface area contributed by atoms with Crippen molar-refractivity contribution >= 4 is 18.5 Å². The van der Waals surface area contributed by atoms with E-state index in [2.05, 4.69) is 39.9 Å². The summed E-state index contributed by atoms with van der Waals surface area (Å²) in [5, 5.41) is 0.168. The van der Waals surface area contributed by atoms with Gasteiger partial charge in [0, 0.05) is 5.04 Å². The molecule has 2 aliphatic rings. The third kappa shape index (κ3) is 2.14. The first-order chi connectivity index (χ1) is 8.28. The normalized spacial score (nSPS) is 30.9. The van der Waals surface area contributed by atoms with Crippen molar-refractivity contribution in [3.05, 3.63) is 22.8 Å². The van der Waals surface area contributed by atoms with Crippen LogP contribution >= 0.6 is 11.1 Å². The van der Waals surface area contributed by atoms with E-state index >= 15 is 0 Å². The minimum absolute atomic E-state index is 0.168. The first-order valence-electron chi connectivity index (χ1n) is 7.37. The second kappa shape index (κ2) is 4.83. The smallest absolute Gasteiger partial charge is 0.164 e. The molecule has 0 saturated heterocycles. The molecule has 2 aliphatic carbocycles. The number of hydrogen-bond acceptors (Lipinski definition) is 0. The van der Waals surface area contributed by atoms with Crippen LogP contribution in [-0.2, 0) is 0 Å². The average Bonchev–Trinajstić information content (AvgIpc) is 2.55. The molecule has 0 aromatic rings. The van der Waals surface area contributed by atoms with Gasteiger partial charge in [-0.05, 0) is 38.2 Å². The van der Waals surface area contributed by atoms with Gasteiger partial charge in [-0.1, -0.05) is 56.5 Å². The SMILES string of the molecule is CC1=CC(C2CCCCC2)=C(C)[C@@]1(C)[Si](C)(C)Cl. The van der Waals surface area contributed by atoms with Crippen LogP contribution in [0.15, 0.2) is 22.8 Å². The third-order valence-electron chi connectivity index (χ3n) is 5.58. The Labute approximate surface area is 118 Å². The van der Waals surface area contributed by atoms with Gasteiger partial charge in [0.05, 0.1) is 0 Å². The fraction of sp³-hybridized carbons (Fsp3) is 0.750. The van der Waals surface area contributed by atoms with Crippen molar-refractivity contribution in [2.45, 2.75) is 71.0 Å². The molecule has 0 heterocycles. The molecule has 1 atom stereocenters. The van der Waals surface area contributed by atoms with Gasteiger partial charge in [-0.2, -0.15) is 11.1 Å². The lowest BCUT2D eigenvalue weighted by atomic mass is 9.82. The van der Waals surface area contributed by atoms with Crippen molar-refractivity contribution < 1.29 is 0 Å². The average molecular weight is 283 g/mol. The van der Waals surface area contributed by atoms with E-state index < -0.39 is 7.38 Å². The van der Waals surface area contributed by atoms with Gasteiger partial charge >= 0.3 is 0 Å². The molecule has 0 aromatic carbocycles. The van der Waals surface area contributed by atoms with Crippen LogP contribution in [0.2, 0.25) is 18.1 Å². The molecule has 0 radical (unpaired) electrons. The summed E-state index contributed by atoms with van der Waals surface area (Å²) in [6.07, 6.45) is 9.49. The summed E-state index contributed by atoms with van der Waals surface area (Å²) in [5.74, 6) is 0.809. The summed E-state index contributed by atoms with van der Waals surface area (Å²) in [6, 6.07) is 0. The van der Waals surface area contributed by atoms with Gasteiger partial charge in [0.25, 0.3) is 0 Å². The van der Waals surface area contributed by atoms with E-state index in [9.17, 15) is 0 Å². The van der Waals surface area contributed by atoms with Gasteiger partial charge in [0.1, 0.15) is 0 Å². The fourth-order valence-corrected chi connectivity index (χ4v) is 6.74. The quantitative estimate of drug-likeness (QED) is 0.427. The van der Waals surface area contributed by atoms with E-state index in [1.807, 2.05) is 0 Å². The molecule has 1 fully saturated rings. The summed E-state index contributed by atoms with van der Waals surface area (Å²) >= 11 is 6.84. The second-order valence-electron chi connectivity index (χ2n) is 6.84. The Kier molecular flexibility index (Phi) is 3.86. The molecule has 1 saturated carbocycles. The van der Waals surface area contributed by atoms with Crippen molar-refractivity contribution in [1.29, 1.82) is 0 Å². The lowest BCUT2D eigenvalue weighted by molar-refractivity contribution is 0.406. The van der Waals surface area contributed by atoms with Gasteiger partial charge in [0.2, 0.25) is 0 Å². The van der Waals surface area contributed by atoms with Gasteiger partial charge in [-0.3, -0.25) is 0 Å². The Morgan fingerprint density at radius 3 is 2.17 bits per heavy atom. The zero-order valence-corrected chi connectivity index (χ0v) is 14.3. The van der Waals surface area contributed by atoms with Crippen molar-refractivity contribution in [1.82, 2.24) is 0 Å². The maximum atomic E-state index is 6.84. The van der Waals surface area contributed by atoms with Crippen LogP contribution in [0.5, 0.6) is 0 Å². The highest BCUT2D eigenvalue weighted by Crippen LogP contribution is 2.58. The molecule has 0 aliphatic heterocycles. The fourth-order valence-electron chi connectivity index (χ4n) is 3.82. The minimum atomic E-state index is -1.73. The molecule has 0 spiro atoms. The summed E-state index contributed by atoms with van der Waals surface area (Å²) in [4.78, 5) is 0. The maximum Gasteiger partial charge on any atom is 0.164 e. The number of rotatable bonds is 2.